The number of carbonyl (C=O) groups is 1. The van der Waals surface area contributed by atoms with Crippen LogP contribution in [-0.4, -0.2) is 48.6 Å². The zero-order valence-corrected chi connectivity index (χ0v) is 25.5. The third-order valence-electron chi connectivity index (χ3n) is 7.64. The summed E-state index contributed by atoms with van der Waals surface area (Å²) in [6.45, 7) is 5.30. The van der Waals surface area contributed by atoms with E-state index in [1.54, 1.807) is 18.2 Å². The monoisotopic (exact) mass is 598 g/mol. The number of nitrogens with one attached hydrogen (secondary N) is 1. The highest BCUT2D eigenvalue weighted by Crippen LogP contribution is 2.35. The third-order valence-corrected chi connectivity index (χ3v) is 9.03. The summed E-state index contributed by atoms with van der Waals surface area (Å²) in [4.78, 5) is 24.7. The molecule has 3 aromatic carbocycles. The first-order valence-corrected chi connectivity index (χ1v) is 16.3. The fraction of sp³-hybridized carbons (Fsp3) is 0.324. The van der Waals surface area contributed by atoms with E-state index >= 15 is 0 Å². The molecule has 0 bridgehead atoms. The molecule has 1 aliphatic heterocycles. The molecule has 2 N–H and O–H groups in total. The predicted octanol–water partition coefficient (Wildman–Crippen LogP) is 5.61. The molecular weight excluding hydrogens is 560 g/mol. The average molecular weight is 599 g/mol. The summed E-state index contributed by atoms with van der Waals surface area (Å²) in [5.74, 6) is 0.308. The van der Waals surface area contributed by atoms with E-state index in [9.17, 15) is 18.3 Å². The number of aliphatic hydroxyl groups excluding tert-OH is 1. The van der Waals surface area contributed by atoms with Crippen LogP contribution in [0.1, 0.15) is 48.9 Å². The van der Waals surface area contributed by atoms with E-state index in [1.165, 1.54) is 23.3 Å². The van der Waals surface area contributed by atoms with E-state index in [0.717, 1.165) is 53.3 Å². The lowest BCUT2D eigenvalue weighted by Gasteiger charge is -2.33. The summed E-state index contributed by atoms with van der Waals surface area (Å²) < 4.78 is 26.9. The van der Waals surface area contributed by atoms with E-state index in [-0.39, 0.29) is 11.3 Å². The van der Waals surface area contributed by atoms with Crippen LogP contribution in [0.3, 0.4) is 0 Å². The van der Waals surface area contributed by atoms with Gasteiger partial charge in [-0.25, -0.2) is 23.1 Å². The van der Waals surface area contributed by atoms with Crippen molar-refractivity contribution < 1.29 is 18.3 Å². The first kappa shape index (κ1) is 30.4. The van der Waals surface area contributed by atoms with Gasteiger partial charge in [0.25, 0.3) is 10.0 Å². The molecule has 1 aliphatic rings. The minimum atomic E-state index is -3.85. The van der Waals surface area contributed by atoms with Crippen LogP contribution in [0.25, 0.3) is 22.5 Å². The van der Waals surface area contributed by atoms with Crippen molar-refractivity contribution in [3.8, 4) is 22.5 Å². The van der Waals surface area contributed by atoms with Crippen LogP contribution in [0.4, 0.5) is 5.82 Å². The van der Waals surface area contributed by atoms with Gasteiger partial charge in [-0.05, 0) is 38.8 Å². The predicted molar refractivity (Wildman–Crippen MR) is 169 cm³/mol. The second-order valence-corrected chi connectivity index (χ2v) is 12.9. The summed E-state index contributed by atoms with van der Waals surface area (Å²) in [6, 6.07) is 24.5. The quantitative estimate of drug-likeness (QED) is 0.216. The van der Waals surface area contributed by atoms with Crippen LogP contribution in [0.5, 0.6) is 0 Å². The normalized spacial score (nSPS) is 14.8. The van der Waals surface area contributed by atoms with Crippen molar-refractivity contribution in [2.75, 3.05) is 18.0 Å². The molecule has 5 rings (SSSR count). The molecule has 0 spiro atoms. The molecule has 1 unspecified atom stereocenters. The van der Waals surface area contributed by atoms with Crippen LogP contribution in [-0.2, 0) is 21.2 Å². The molecule has 1 aromatic heterocycles. The van der Waals surface area contributed by atoms with Gasteiger partial charge in [-0.3, -0.25) is 4.79 Å². The number of fused-ring (bicyclic) bond motifs is 1. The highest BCUT2D eigenvalue weighted by Gasteiger charge is 2.28. The van der Waals surface area contributed by atoms with Crippen LogP contribution in [0.15, 0.2) is 83.8 Å². The maximum absolute atomic E-state index is 12.4. The number of amides is 1. The Bertz CT molecular complexity index is 1660. The van der Waals surface area contributed by atoms with Gasteiger partial charge < -0.3 is 10.0 Å². The van der Waals surface area contributed by atoms with E-state index in [1.807, 2.05) is 0 Å². The number of hydrogen-bond donors (Lipinski definition) is 2. The van der Waals surface area contributed by atoms with E-state index in [0.29, 0.717) is 25.9 Å². The number of aromatic nitrogens is 2. The highest BCUT2D eigenvalue weighted by molar-refractivity contribution is 7.90. The second kappa shape index (κ2) is 13.5. The molecule has 0 saturated carbocycles. The van der Waals surface area contributed by atoms with Crippen molar-refractivity contribution >= 4 is 21.7 Å². The van der Waals surface area contributed by atoms with Crippen molar-refractivity contribution in [1.29, 1.82) is 0 Å². The molecule has 1 amide bonds. The third kappa shape index (κ3) is 7.66. The summed E-state index contributed by atoms with van der Waals surface area (Å²) in [6.07, 6.45) is 3.14. The maximum atomic E-state index is 12.4. The van der Waals surface area contributed by atoms with Crippen molar-refractivity contribution in [3.63, 3.8) is 0 Å². The van der Waals surface area contributed by atoms with Crippen molar-refractivity contribution in [2.45, 2.75) is 63.4 Å². The zero-order valence-electron chi connectivity index (χ0n) is 24.7. The Hall–Kier alpha value is -4.08. The Morgan fingerprint density at radius 3 is 2.05 bits per heavy atom. The number of β-amino-alcohol motifs (C(OH)–C–C–N with tert-alkyl or cyclic N) is 1. The lowest BCUT2D eigenvalue weighted by atomic mass is 10.00. The first-order valence-electron chi connectivity index (χ1n) is 14.8. The Morgan fingerprint density at radius 1 is 0.837 bits per heavy atom. The molecule has 43 heavy (non-hydrogen) atoms. The van der Waals surface area contributed by atoms with Crippen LogP contribution >= 0.6 is 0 Å². The fourth-order valence-electron chi connectivity index (χ4n) is 5.30. The molecule has 2 heterocycles. The molecular formula is C34H38N4O4S. The lowest BCUT2D eigenvalue weighted by molar-refractivity contribution is -0.119. The topological polar surface area (TPSA) is 112 Å². The molecule has 1 atom stereocenters. The van der Waals surface area contributed by atoms with Crippen LogP contribution in [0.2, 0.25) is 0 Å². The minimum Gasteiger partial charge on any atom is -0.391 e. The van der Waals surface area contributed by atoms with Crippen molar-refractivity contribution in [3.05, 3.63) is 95.7 Å². The molecule has 0 fully saturated rings. The fourth-order valence-corrected chi connectivity index (χ4v) is 6.34. The number of rotatable bonds is 11. The van der Waals surface area contributed by atoms with E-state index < -0.39 is 22.0 Å². The zero-order chi connectivity index (χ0) is 30.4. The van der Waals surface area contributed by atoms with Gasteiger partial charge in [0.2, 0.25) is 5.91 Å². The minimum absolute atomic E-state index is 0.0759. The summed E-state index contributed by atoms with van der Waals surface area (Å²) >= 11 is 0. The Morgan fingerprint density at radius 2 is 1.42 bits per heavy atom. The van der Waals surface area contributed by atoms with Gasteiger partial charge in [-0.1, -0.05) is 90.7 Å². The number of aliphatic hydroxyl groups is 1. The second-order valence-electron chi connectivity index (χ2n) is 11.2. The molecule has 0 radical (unpaired) electrons. The largest absolute Gasteiger partial charge is 0.391 e. The highest BCUT2D eigenvalue weighted by atomic mass is 32.2. The standard InChI is InChI=1S/C34H38N4O4S/c1-24-13-17-26(18-14-24)32-33(27-19-15-25(2)16-20-27)36-34-30(35-32)22-28(39)23-38(34)21-9-4-3-8-12-31(40)37-43(41,42)29-10-6-5-7-11-29/h5-7,10-11,13-20,28,39H,3-4,8-9,12,21-23H2,1-2H3,(H,37,40). The number of benzene rings is 3. The number of hydrogen-bond acceptors (Lipinski definition) is 7. The van der Waals surface area contributed by atoms with Gasteiger partial charge in [0.05, 0.1) is 28.1 Å². The number of aryl methyl sites for hydroxylation is 2. The Kier molecular flexibility index (Phi) is 9.52. The van der Waals surface area contributed by atoms with Crippen molar-refractivity contribution in [1.82, 2.24) is 14.7 Å². The van der Waals surface area contributed by atoms with E-state index in [2.05, 4.69) is 72.0 Å². The molecule has 0 aliphatic carbocycles. The Labute approximate surface area is 253 Å². The lowest BCUT2D eigenvalue weighted by Crippen LogP contribution is -2.40. The number of carbonyl (C=O) groups excluding carboxylic acids is 1. The Balaban J connectivity index is 1.23. The number of anilines is 1. The first-order chi connectivity index (χ1) is 20.7. The average Bonchev–Trinajstić information content (AvgIpc) is 2.99. The van der Waals surface area contributed by atoms with Crippen LogP contribution in [0, 0.1) is 13.8 Å². The molecule has 4 aromatic rings. The van der Waals surface area contributed by atoms with Gasteiger partial charge in [-0.15, -0.1) is 0 Å². The number of unbranched alkanes of at least 4 members (excludes halogenated alkanes) is 3. The van der Waals surface area contributed by atoms with Gasteiger partial charge in [0, 0.05) is 37.1 Å². The summed E-state index contributed by atoms with van der Waals surface area (Å²) in [5, 5.41) is 10.7. The van der Waals surface area contributed by atoms with E-state index in [4.69, 9.17) is 9.97 Å². The molecule has 8 nitrogen and oxygen atoms in total. The summed E-state index contributed by atoms with van der Waals surface area (Å²) in [7, 11) is -3.85. The van der Waals surface area contributed by atoms with Gasteiger partial charge in [0.15, 0.2) is 5.82 Å². The number of sulfonamides is 1. The van der Waals surface area contributed by atoms with Gasteiger partial charge >= 0.3 is 0 Å². The molecule has 224 valence electrons. The SMILES string of the molecule is Cc1ccc(-c2nc3c(nc2-c2ccc(C)cc2)N(CCCCCCC(=O)NS(=O)(=O)c2ccccc2)CC(O)C3)cc1. The molecule has 9 heteroatoms. The van der Waals surface area contributed by atoms with Crippen LogP contribution < -0.4 is 9.62 Å². The molecule has 0 saturated heterocycles. The summed E-state index contributed by atoms with van der Waals surface area (Å²) in [5.41, 5.74) is 6.75. The van der Waals surface area contributed by atoms with Gasteiger partial charge in [-0.2, -0.15) is 0 Å². The number of nitrogens with zero attached hydrogens (tertiary/aromatic N) is 3. The smallest absolute Gasteiger partial charge is 0.264 e. The van der Waals surface area contributed by atoms with Gasteiger partial charge in [0.1, 0.15) is 0 Å². The van der Waals surface area contributed by atoms with Crippen molar-refractivity contribution in [2.24, 2.45) is 0 Å². The maximum Gasteiger partial charge on any atom is 0.264 e.